The fraction of sp³-hybridized carbons (Fsp3) is 0.333. The number of nitro benzene ring substituents is 1. The standard InChI is InChI=1S/C21H24ClN5O6.Na/c1-13-6-8-24-18(9-13)23-7-2-3-19(28)25-12-20(29)26-16(11-21(30)31)14-4-5-15(22)17(10-14)27(32)33;/h4-6,8-10,16H,2-3,7,11-12H2,1H3,(H,23,24)(H,25,28)(H,26,29)(H,30,31);/q;+1. The van der Waals surface area contributed by atoms with Crippen LogP contribution < -0.4 is 45.5 Å². The van der Waals surface area contributed by atoms with E-state index in [1.54, 1.807) is 6.20 Å². The van der Waals surface area contributed by atoms with Gasteiger partial charge in [0.1, 0.15) is 10.8 Å². The topological polar surface area (TPSA) is 164 Å². The molecule has 2 rings (SSSR count). The molecule has 0 saturated carbocycles. The number of halogens is 1. The number of aryl methyl sites for hydroxylation is 1. The molecule has 176 valence electrons. The SMILES string of the molecule is Cc1ccnc(NCCCC(=O)NCC(=O)NC(CC(=O)O)c2ccc(Cl)c([N+](=O)[O-])c2)c1.[Na+]. The van der Waals surface area contributed by atoms with Crippen LogP contribution in [-0.4, -0.2) is 45.9 Å². The molecule has 1 atom stereocenters. The molecule has 0 aliphatic rings. The Kier molecular flexibility index (Phi) is 12.5. The van der Waals surface area contributed by atoms with E-state index < -0.39 is 34.9 Å². The van der Waals surface area contributed by atoms with Crippen LogP contribution in [0.4, 0.5) is 11.5 Å². The molecule has 4 N–H and O–H groups in total. The van der Waals surface area contributed by atoms with Crippen LogP contribution in [0.15, 0.2) is 36.5 Å². The fourth-order valence-electron chi connectivity index (χ4n) is 2.92. The molecule has 1 aromatic heterocycles. The van der Waals surface area contributed by atoms with Gasteiger partial charge in [-0.3, -0.25) is 24.5 Å². The van der Waals surface area contributed by atoms with Gasteiger partial charge in [-0.25, -0.2) is 4.98 Å². The molecule has 0 bridgehead atoms. The van der Waals surface area contributed by atoms with E-state index in [2.05, 4.69) is 20.9 Å². The number of aromatic nitrogens is 1. The first-order valence-electron chi connectivity index (χ1n) is 10.0. The number of carboxylic acid groups (broad SMARTS) is 1. The molecule has 0 aliphatic carbocycles. The number of hydrogen-bond donors (Lipinski definition) is 4. The molecular formula is C21H24ClN5NaO6+. The third-order valence-electron chi connectivity index (χ3n) is 4.53. The number of benzene rings is 1. The van der Waals surface area contributed by atoms with Crippen molar-refractivity contribution in [2.24, 2.45) is 0 Å². The minimum absolute atomic E-state index is 0. The van der Waals surface area contributed by atoms with Gasteiger partial charge >= 0.3 is 35.5 Å². The van der Waals surface area contributed by atoms with Gasteiger partial charge in [0.05, 0.1) is 23.9 Å². The van der Waals surface area contributed by atoms with Gasteiger partial charge in [0.25, 0.3) is 5.69 Å². The number of nitro groups is 1. The van der Waals surface area contributed by atoms with Gasteiger partial charge in [-0.05, 0) is 42.7 Å². The minimum atomic E-state index is -1.21. The van der Waals surface area contributed by atoms with Gasteiger partial charge in [-0.15, -0.1) is 0 Å². The van der Waals surface area contributed by atoms with Crippen LogP contribution in [0.25, 0.3) is 0 Å². The molecule has 0 spiro atoms. The first-order valence-corrected chi connectivity index (χ1v) is 10.4. The van der Waals surface area contributed by atoms with Crippen molar-refractivity contribution < 1.29 is 54.0 Å². The van der Waals surface area contributed by atoms with Gasteiger partial charge in [0, 0.05) is 25.2 Å². The first-order chi connectivity index (χ1) is 15.7. The first kappa shape index (κ1) is 29.3. The summed E-state index contributed by atoms with van der Waals surface area (Å²) >= 11 is 5.78. The van der Waals surface area contributed by atoms with Crippen molar-refractivity contribution in [3.8, 4) is 0 Å². The summed E-state index contributed by atoms with van der Waals surface area (Å²) in [5.74, 6) is -1.48. The third-order valence-corrected chi connectivity index (χ3v) is 4.85. The number of carbonyl (C=O) groups excluding carboxylic acids is 2. The maximum absolute atomic E-state index is 12.2. The molecular weight excluding hydrogens is 477 g/mol. The molecule has 1 heterocycles. The predicted molar refractivity (Wildman–Crippen MR) is 121 cm³/mol. The smallest absolute Gasteiger partial charge is 0.481 e. The van der Waals surface area contributed by atoms with Gasteiger partial charge < -0.3 is 21.1 Å². The third kappa shape index (κ3) is 10.0. The summed E-state index contributed by atoms with van der Waals surface area (Å²) in [6.45, 7) is 2.10. The van der Waals surface area contributed by atoms with Crippen molar-refractivity contribution in [3.63, 3.8) is 0 Å². The maximum Gasteiger partial charge on any atom is 1.00 e. The Morgan fingerprint density at radius 2 is 1.94 bits per heavy atom. The zero-order chi connectivity index (χ0) is 24.4. The van der Waals surface area contributed by atoms with E-state index in [-0.39, 0.29) is 59.0 Å². The van der Waals surface area contributed by atoms with E-state index >= 15 is 0 Å². The van der Waals surface area contributed by atoms with Crippen LogP contribution in [0.1, 0.15) is 36.4 Å². The summed E-state index contributed by atoms with van der Waals surface area (Å²) in [5.41, 5.74) is 0.872. The molecule has 2 aromatic rings. The molecule has 0 radical (unpaired) electrons. The zero-order valence-corrected chi connectivity index (χ0v) is 21.6. The number of pyridine rings is 1. The summed E-state index contributed by atoms with van der Waals surface area (Å²) in [4.78, 5) is 50.0. The second-order valence-electron chi connectivity index (χ2n) is 7.21. The van der Waals surface area contributed by atoms with E-state index in [4.69, 9.17) is 16.7 Å². The van der Waals surface area contributed by atoms with Gasteiger partial charge in [-0.2, -0.15) is 0 Å². The number of nitrogens with one attached hydrogen (secondary N) is 3. The van der Waals surface area contributed by atoms with Crippen molar-refractivity contribution in [2.45, 2.75) is 32.2 Å². The zero-order valence-electron chi connectivity index (χ0n) is 18.8. The number of nitrogens with zero attached hydrogens (tertiary/aromatic N) is 2. The summed E-state index contributed by atoms with van der Waals surface area (Å²) in [6.07, 6.45) is 1.87. The average molecular weight is 501 g/mol. The van der Waals surface area contributed by atoms with E-state index in [9.17, 15) is 24.5 Å². The number of rotatable bonds is 12. The second-order valence-corrected chi connectivity index (χ2v) is 7.62. The molecule has 13 heteroatoms. The number of aliphatic carboxylic acids is 1. The Hall–Kier alpha value is -2.73. The quantitative estimate of drug-likeness (QED) is 0.132. The van der Waals surface area contributed by atoms with Crippen LogP contribution in [0.3, 0.4) is 0 Å². The fourth-order valence-corrected chi connectivity index (χ4v) is 3.11. The molecule has 34 heavy (non-hydrogen) atoms. The van der Waals surface area contributed by atoms with Crippen molar-refractivity contribution in [1.29, 1.82) is 0 Å². The summed E-state index contributed by atoms with van der Waals surface area (Å²) in [7, 11) is 0. The Morgan fingerprint density at radius 1 is 1.21 bits per heavy atom. The monoisotopic (exact) mass is 500 g/mol. The Balaban J connectivity index is 0.00000578. The van der Waals surface area contributed by atoms with Gasteiger partial charge in [0.2, 0.25) is 11.8 Å². The molecule has 11 nitrogen and oxygen atoms in total. The van der Waals surface area contributed by atoms with Crippen LogP contribution in [-0.2, 0) is 14.4 Å². The number of amides is 2. The number of carbonyl (C=O) groups is 3. The van der Waals surface area contributed by atoms with Gasteiger partial charge in [-0.1, -0.05) is 17.7 Å². The van der Waals surface area contributed by atoms with Crippen LogP contribution >= 0.6 is 11.6 Å². The second kappa shape index (κ2) is 14.5. The number of carboxylic acids is 1. The van der Waals surface area contributed by atoms with E-state index in [1.807, 2.05) is 19.1 Å². The minimum Gasteiger partial charge on any atom is -0.481 e. The van der Waals surface area contributed by atoms with E-state index in [0.29, 0.717) is 18.8 Å². The largest absolute Gasteiger partial charge is 1.00 e. The van der Waals surface area contributed by atoms with Crippen LogP contribution in [0, 0.1) is 17.0 Å². The Labute approximate surface area is 223 Å². The van der Waals surface area contributed by atoms with Crippen molar-refractivity contribution in [1.82, 2.24) is 15.6 Å². The average Bonchev–Trinajstić information content (AvgIpc) is 2.75. The summed E-state index contributed by atoms with van der Waals surface area (Å²) < 4.78 is 0. The van der Waals surface area contributed by atoms with Gasteiger partial charge in [0.15, 0.2) is 0 Å². The predicted octanol–water partition coefficient (Wildman–Crippen LogP) is -0.404. The molecule has 0 fully saturated rings. The Bertz CT molecular complexity index is 1040. The maximum atomic E-state index is 12.2. The van der Waals surface area contributed by atoms with E-state index in [1.165, 1.54) is 12.1 Å². The number of anilines is 1. The van der Waals surface area contributed by atoms with Crippen molar-refractivity contribution >= 4 is 40.9 Å². The van der Waals surface area contributed by atoms with Crippen molar-refractivity contribution in [2.75, 3.05) is 18.4 Å². The summed E-state index contributed by atoms with van der Waals surface area (Å²) in [6, 6.07) is 6.50. The Morgan fingerprint density at radius 3 is 2.59 bits per heavy atom. The summed E-state index contributed by atoms with van der Waals surface area (Å²) in [5, 5.41) is 28.2. The van der Waals surface area contributed by atoms with Crippen molar-refractivity contribution in [3.05, 3.63) is 62.8 Å². The molecule has 2 amide bonds. The molecule has 0 aliphatic heterocycles. The molecule has 1 unspecified atom stereocenters. The van der Waals surface area contributed by atoms with Crippen LogP contribution in [0.5, 0.6) is 0 Å². The van der Waals surface area contributed by atoms with Crippen LogP contribution in [0.2, 0.25) is 5.02 Å². The molecule has 1 aromatic carbocycles. The normalized spacial score (nSPS) is 11.0. The number of hydrogen-bond acceptors (Lipinski definition) is 7. The molecule has 0 saturated heterocycles. The van der Waals surface area contributed by atoms with E-state index in [0.717, 1.165) is 11.6 Å².